The van der Waals surface area contributed by atoms with Crippen molar-refractivity contribution in [3.63, 3.8) is 0 Å². The summed E-state index contributed by atoms with van der Waals surface area (Å²) in [5.74, 6) is 1.51. The molecule has 1 aliphatic carbocycles. The fourth-order valence-corrected chi connectivity index (χ4v) is 3.74. The first-order valence-electron chi connectivity index (χ1n) is 6.83. The van der Waals surface area contributed by atoms with Gasteiger partial charge in [0.05, 0.1) is 12.1 Å². The summed E-state index contributed by atoms with van der Waals surface area (Å²) in [6, 6.07) is 8.29. The second-order valence-electron chi connectivity index (χ2n) is 5.63. The van der Waals surface area contributed by atoms with Gasteiger partial charge < -0.3 is 10.4 Å². The minimum atomic E-state index is -0.140. The second kappa shape index (κ2) is 6.49. The Balaban J connectivity index is 2.01. The summed E-state index contributed by atoms with van der Waals surface area (Å²) >= 11 is 7.69. The minimum absolute atomic E-state index is 0.140. The molecule has 1 aromatic carbocycles. The molecule has 1 unspecified atom stereocenters. The van der Waals surface area contributed by atoms with Gasteiger partial charge in [-0.05, 0) is 43.0 Å². The molecular weight excluding hydrogens is 278 g/mol. The van der Waals surface area contributed by atoms with Crippen molar-refractivity contribution in [3.8, 4) is 0 Å². The molecule has 1 fully saturated rings. The van der Waals surface area contributed by atoms with Gasteiger partial charge in [0.25, 0.3) is 0 Å². The number of hydrogen-bond acceptors (Lipinski definition) is 3. The Hall–Kier alpha value is -0.220. The highest BCUT2D eigenvalue weighted by molar-refractivity contribution is 7.99. The summed E-state index contributed by atoms with van der Waals surface area (Å²) < 4.78 is 0. The maximum atomic E-state index is 9.86. The summed E-state index contributed by atoms with van der Waals surface area (Å²) in [5.41, 5.74) is -0.140. The van der Waals surface area contributed by atoms with Crippen molar-refractivity contribution in [2.24, 2.45) is 5.92 Å². The molecule has 0 saturated heterocycles. The third-order valence-electron chi connectivity index (χ3n) is 3.53. The van der Waals surface area contributed by atoms with Gasteiger partial charge in [0, 0.05) is 21.7 Å². The zero-order valence-electron chi connectivity index (χ0n) is 11.5. The van der Waals surface area contributed by atoms with Crippen LogP contribution in [0.25, 0.3) is 0 Å². The summed E-state index contributed by atoms with van der Waals surface area (Å²) in [6.45, 7) is 4.48. The predicted molar refractivity (Wildman–Crippen MR) is 83.0 cm³/mol. The summed E-state index contributed by atoms with van der Waals surface area (Å²) in [5, 5.41) is 14.2. The van der Waals surface area contributed by atoms with Crippen molar-refractivity contribution in [3.05, 3.63) is 29.3 Å². The maximum absolute atomic E-state index is 9.86. The van der Waals surface area contributed by atoms with Crippen molar-refractivity contribution < 1.29 is 5.11 Å². The molecule has 1 saturated carbocycles. The zero-order valence-corrected chi connectivity index (χ0v) is 13.1. The van der Waals surface area contributed by atoms with Gasteiger partial charge in [-0.1, -0.05) is 25.4 Å². The highest BCUT2D eigenvalue weighted by Gasteiger charge is 2.44. The Kier molecular flexibility index (Phi) is 5.18. The molecule has 1 aromatic rings. The molecule has 0 radical (unpaired) electrons. The van der Waals surface area contributed by atoms with Crippen molar-refractivity contribution >= 4 is 23.4 Å². The van der Waals surface area contributed by atoms with Crippen LogP contribution < -0.4 is 5.32 Å². The molecule has 0 aromatic heterocycles. The number of aliphatic hydroxyl groups is 1. The summed E-state index contributed by atoms with van der Waals surface area (Å²) in [7, 11) is 0. The van der Waals surface area contributed by atoms with E-state index in [0.717, 1.165) is 10.8 Å². The number of aliphatic hydroxyl groups excluding tert-OH is 1. The van der Waals surface area contributed by atoms with E-state index in [2.05, 4.69) is 19.2 Å². The van der Waals surface area contributed by atoms with E-state index < -0.39 is 0 Å². The van der Waals surface area contributed by atoms with Crippen LogP contribution in [0.3, 0.4) is 0 Å². The quantitative estimate of drug-likeness (QED) is 0.755. The Bertz CT molecular complexity index is 405. The fourth-order valence-electron chi connectivity index (χ4n) is 2.45. The van der Waals surface area contributed by atoms with E-state index in [4.69, 9.17) is 11.6 Å². The van der Waals surface area contributed by atoms with E-state index in [0.29, 0.717) is 12.0 Å². The maximum Gasteiger partial charge on any atom is 0.0624 e. The lowest BCUT2D eigenvalue weighted by molar-refractivity contribution is 0.150. The molecule has 2 N–H and O–H groups in total. The highest BCUT2D eigenvalue weighted by Crippen LogP contribution is 2.42. The molecule has 0 aliphatic heterocycles. The summed E-state index contributed by atoms with van der Waals surface area (Å²) in [4.78, 5) is 1.20. The molecule has 0 bridgehead atoms. The van der Waals surface area contributed by atoms with Crippen LogP contribution in [0.1, 0.15) is 26.7 Å². The van der Waals surface area contributed by atoms with Gasteiger partial charge in [-0.3, -0.25) is 0 Å². The molecule has 2 rings (SSSR count). The van der Waals surface area contributed by atoms with E-state index >= 15 is 0 Å². The average Bonchev–Trinajstić information content (AvgIpc) is 3.20. The third kappa shape index (κ3) is 4.12. The molecule has 106 valence electrons. The van der Waals surface area contributed by atoms with E-state index in [1.54, 1.807) is 11.8 Å². The number of rotatable bonds is 7. The summed E-state index contributed by atoms with van der Waals surface area (Å²) in [6.07, 6.45) is 2.45. The van der Waals surface area contributed by atoms with Gasteiger partial charge in [0.15, 0.2) is 0 Å². The fraction of sp³-hybridized carbons (Fsp3) is 0.600. The normalized spacial score (nSPS) is 18.6. The highest BCUT2D eigenvalue weighted by atomic mass is 35.5. The van der Waals surface area contributed by atoms with Crippen molar-refractivity contribution in [2.75, 3.05) is 12.4 Å². The molecule has 2 nitrogen and oxygen atoms in total. The molecule has 0 heterocycles. The monoisotopic (exact) mass is 299 g/mol. The molecule has 0 amide bonds. The lowest BCUT2D eigenvalue weighted by Gasteiger charge is -2.35. The predicted octanol–water partition coefficient (Wildman–Crippen LogP) is 3.57. The number of hydrogen-bond donors (Lipinski definition) is 2. The molecule has 19 heavy (non-hydrogen) atoms. The number of thioether (sulfide) groups is 1. The topological polar surface area (TPSA) is 32.3 Å². The van der Waals surface area contributed by atoms with Crippen LogP contribution in [0.2, 0.25) is 5.02 Å². The Morgan fingerprint density at radius 2 is 2.00 bits per heavy atom. The van der Waals surface area contributed by atoms with E-state index in [-0.39, 0.29) is 12.1 Å². The van der Waals surface area contributed by atoms with E-state index in [1.807, 2.05) is 24.3 Å². The van der Waals surface area contributed by atoms with Crippen LogP contribution >= 0.6 is 23.4 Å². The first-order valence-corrected chi connectivity index (χ1v) is 8.19. The SMILES string of the molecule is CC(C)NC(CO)(CSc1ccc(Cl)cc1)C1CC1. The van der Waals surface area contributed by atoms with Crippen LogP contribution in [-0.4, -0.2) is 29.0 Å². The van der Waals surface area contributed by atoms with Gasteiger partial charge in [-0.25, -0.2) is 0 Å². The first kappa shape index (κ1) is 15.2. The van der Waals surface area contributed by atoms with Crippen LogP contribution in [-0.2, 0) is 0 Å². The zero-order chi connectivity index (χ0) is 13.9. The number of nitrogens with one attached hydrogen (secondary N) is 1. The largest absolute Gasteiger partial charge is 0.394 e. The van der Waals surface area contributed by atoms with Gasteiger partial charge in [0.2, 0.25) is 0 Å². The average molecular weight is 300 g/mol. The van der Waals surface area contributed by atoms with Crippen molar-refractivity contribution in [2.45, 2.75) is 43.2 Å². The molecule has 0 spiro atoms. The minimum Gasteiger partial charge on any atom is -0.394 e. The van der Waals surface area contributed by atoms with Gasteiger partial charge >= 0.3 is 0 Å². The third-order valence-corrected chi connectivity index (χ3v) is 5.04. The van der Waals surface area contributed by atoms with Crippen LogP contribution in [0.4, 0.5) is 0 Å². The van der Waals surface area contributed by atoms with Crippen molar-refractivity contribution in [1.82, 2.24) is 5.32 Å². The first-order chi connectivity index (χ1) is 9.05. The van der Waals surface area contributed by atoms with E-state index in [1.165, 1.54) is 17.7 Å². The smallest absolute Gasteiger partial charge is 0.0624 e. The van der Waals surface area contributed by atoms with Gasteiger partial charge in [0.1, 0.15) is 0 Å². The van der Waals surface area contributed by atoms with E-state index in [9.17, 15) is 5.11 Å². The lowest BCUT2D eigenvalue weighted by atomic mass is 9.95. The van der Waals surface area contributed by atoms with Crippen molar-refractivity contribution in [1.29, 1.82) is 0 Å². The van der Waals surface area contributed by atoms with Crippen LogP contribution in [0, 0.1) is 5.92 Å². The lowest BCUT2D eigenvalue weighted by Crippen LogP contribution is -2.55. The Labute approximate surface area is 124 Å². The van der Waals surface area contributed by atoms with Gasteiger partial charge in [-0.15, -0.1) is 11.8 Å². The second-order valence-corrected chi connectivity index (χ2v) is 7.12. The number of halogens is 1. The molecular formula is C15H22ClNOS. The van der Waals surface area contributed by atoms with Gasteiger partial charge in [-0.2, -0.15) is 0 Å². The Morgan fingerprint density at radius 1 is 1.37 bits per heavy atom. The molecule has 4 heteroatoms. The Morgan fingerprint density at radius 3 is 2.47 bits per heavy atom. The molecule has 1 aliphatic rings. The standard InChI is InChI=1S/C15H22ClNOS/c1-11(2)17-15(9-18,12-3-4-12)10-19-14-7-5-13(16)6-8-14/h5-8,11-12,17-18H,3-4,9-10H2,1-2H3. The number of benzene rings is 1. The van der Waals surface area contributed by atoms with Crippen LogP contribution in [0.5, 0.6) is 0 Å². The van der Waals surface area contributed by atoms with Crippen LogP contribution in [0.15, 0.2) is 29.2 Å². The molecule has 1 atom stereocenters.